The van der Waals surface area contributed by atoms with Crippen LogP contribution in [0.25, 0.3) is 0 Å². The first-order chi connectivity index (χ1) is 5.81. The van der Waals surface area contributed by atoms with E-state index in [1.165, 1.54) is 42.0 Å². The van der Waals surface area contributed by atoms with Crippen molar-refractivity contribution < 1.29 is 4.79 Å². The van der Waals surface area contributed by atoms with Crippen molar-refractivity contribution in [3.8, 4) is 0 Å². The van der Waals surface area contributed by atoms with Gasteiger partial charge in [0, 0.05) is 10.2 Å². The lowest BCUT2D eigenvalue weighted by molar-refractivity contribution is 0.544. The monoisotopic (exact) mass is 185 g/mol. The SMILES string of the molecule is CC(CCCCCC[SiH3])N=C=O. The van der Waals surface area contributed by atoms with E-state index in [4.69, 9.17) is 0 Å². The van der Waals surface area contributed by atoms with Crippen molar-refractivity contribution in [1.29, 1.82) is 0 Å². The maximum absolute atomic E-state index is 9.86. The van der Waals surface area contributed by atoms with Gasteiger partial charge in [-0.05, 0) is 13.3 Å². The molecule has 0 saturated heterocycles. The lowest BCUT2D eigenvalue weighted by Gasteiger charge is -2.02. The molecule has 0 aliphatic rings. The van der Waals surface area contributed by atoms with Gasteiger partial charge in [0.2, 0.25) is 6.08 Å². The van der Waals surface area contributed by atoms with E-state index in [2.05, 4.69) is 4.99 Å². The molecule has 0 spiro atoms. The van der Waals surface area contributed by atoms with Crippen LogP contribution >= 0.6 is 0 Å². The predicted octanol–water partition coefficient (Wildman–Crippen LogP) is 1.44. The van der Waals surface area contributed by atoms with E-state index in [1.54, 1.807) is 6.08 Å². The van der Waals surface area contributed by atoms with Crippen molar-refractivity contribution in [3.05, 3.63) is 0 Å². The summed E-state index contributed by atoms with van der Waals surface area (Å²) in [6.45, 7) is 1.97. The summed E-state index contributed by atoms with van der Waals surface area (Å²) in [5.41, 5.74) is 0. The zero-order valence-electron chi connectivity index (χ0n) is 8.18. The van der Waals surface area contributed by atoms with Gasteiger partial charge in [0.1, 0.15) is 0 Å². The lowest BCUT2D eigenvalue weighted by atomic mass is 10.1. The highest BCUT2D eigenvalue weighted by molar-refractivity contribution is 6.08. The van der Waals surface area contributed by atoms with Crippen molar-refractivity contribution in [1.82, 2.24) is 0 Å². The van der Waals surface area contributed by atoms with Crippen molar-refractivity contribution in [3.63, 3.8) is 0 Å². The fourth-order valence-electron chi connectivity index (χ4n) is 1.20. The number of nitrogens with zero attached hydrogens (tertiary/aromatic N) is 1. The fourth-order valence-corrected chi connectivity index (χ4v) is 1.70. The molecule has 0 aromatic rings. The zero-order chi connectivity index (χ0) is 9.23. The molecule has 0 amide bonds. The molecule has 0 radical (unpaired) electrons. The maximum Gasteiger partial charge on any atom is 0.235 e. The number of isocyanates is 1. The first-order valence-electron chi connectivity index (χ1n) is 4.88. The van der Waals surface area contributed by atoms with E-state index in [-0.39, 0.29) is 6.04 Å². The lowest BCUT2D eigenvalue weighted by Crippen LogP contribution is -1.96. The Morgan fingerprint density at radius 1 is 1.33 bits per heavy atom. The van der Waals surface area contributed by atoms with Crippen LogP contribution in [0.1, 0.15) is 39.0 Å². The van der Waals surface area contributed by atoms with Crippen LogP contribution in [-0.4, -0.2) is 22.4 Å². The Kier molecular flexibility index (Phi) is 8.40. The van der Waals surface area contributed by atoms with Gasteiger partial charge in [0.05, 0.1) is 6.04 Å². The highest BCUT2D eigenvalue weighted by Crippen LogP contribution is 2.07. The summed E-state index contributed by atoms with van der Waals surface area (Å²) in [5, 5.41) is 0. The van der Waals surface area contributed by atoms with Gasteiger partial charge < -0.3 is 0 Å². The van der Waals surface area contributed by atoms with Crippen LogP contribution in [0.5, 0.6) is 0 Å². The Hall–Kier alpha value is -0.403. The molecule has 3 heteroatoms. The van der Waals surface area contributed by atoms with Gasteiger partial charge in [-0.1, -0.05) is 31.7 Å². The number of rotatable bonds is 7. The van der Waals surface area contributed by atoms with Gasteiger partial charge in [-0.2, -0.15) is 0 Å². The third kappa shape index (κ3) is 7.70. The second-order valence-corrected chi connectivity index (χ2v) is 4.27. The summed E-state index contributed by atoms with van der Waals surface area (Å²) in [4.78, 5) is 13.5. The Bertz CT molecular complexity index is 143. The summed E-state index contributed by atoms with van der Waals surface area (Å²) >= 11 is 0. The molecule has 0 fully saturated rings. The third-order valence-corrected chi connectivity index (χ3v) is 2.71. The van der Waals surface area contributed by atoms with E-state index in [0.29, 0.717) is 0 Å². The van der Waals surface area contributed by atoms with Gasteiger partial charge in [-0.25, -0.2) is 9.79 Å². The van der Waals surface area contributed by atoms with E-state index in [9.17, 15) is 4.79 Å². The molecule has 0 bridgehead atoms. The maximum atomic E-state index is 9.86. The minimum absolute atomic E-state index is 0.179. The molecular weight excluding hydrogens is 166 g/mol. The number of hydrogen-bond acceptors (Lipinski definition) is 2. The molecule has 0 aliphatic heterocycles. The molecule has 0 aliphatic carbocycles. The number of hydrogen-bond donors (Lipinski definition) is 0. The molecule has 0 aromatic heterocycles. The van der Waals surface area contributed by atoms with E-state index >= 15 is 0 Å². The highest BCUT2D eigenvalue weighted by atomic mass is 28.1. The van der Waals surface area contributed by atoms with Crippen LogP contribution in [0.15, 0.2) is 4.99 Å². The van der Waals surface area contributed by atoms with Crippen molar-refractivity contribution in [2.75, 3.05) is 0 Å². The fraction of sp³-hybridized carbons (Fsp3) is 0.889. The Balaban J connectivity index is 3.13. The molecule has 0 N–H and O–H groups in total. The van der Waals surface area contributed by atoms with Crippen LogP contribution in [0.3, 0.4) is 0 Å². The summed E-state index contributed by atoms with van der Waals surface area (Å²) in [6.07, 6.45) is 7.87. The summed E-state index contributed by atoms with van der Waals surface area (Å²) < 4.78 is 0. The van der Waals surface area contributed by atoms with Crippen LogP contribution < -0.4 is 0 Å². The molecule has 1 unspecified atom stereocenters. The van der Waals surface area contributed by atoms with Gasteiger partial charge in [-0.15, -0.1) is 0 Å². The molecular formula is C9H19NOSi. The minimum Gasteiger partial charge on any atom is -0.211 e. The third-order valence-electron chi connectivity index (χ3n) is 2.00. The van der Waals surface area contributed by atoms with Crippen LogP contribution in [-0.2, 0) is 4.79 Å². The average molecular weight is 185 g/mol. The standard InChI is InChI=1S/C9H19NOSi/c1-9(10-8-11)6-4-2-3-5-7-12/h9H,2-7H2,1,12H3. The molecule has 70 valence electrons. The van der Waals surface area contributed by atoms with E-state index in [0.717, 1.165) is 6.42 Å². The van der Waals surface area contributed by atoms with Crippen molar-refractivity contribution >= 4 is 16.3 Å². The Morgan fingerprint density at radius 2 is 2.00 bits per heavy atom. The predicted molar refractivity (Wildman–Crippen MR) is 55.4 cm³/mol. The first-order valence-corrected chi connectivity index (χ1v) is 6.29. The molecule has 0 saturated carbocycles. The summed E-state index contributed by atoms with van der Waals surface area (Å²) in [7, 11) is 1.34. The number of aliphatic imine (C=N–C) groups is 1. The summed E-state index contributed by atoms with van der Waals surface area (Å²) in [6, 6.07) is 1.60. The zero-order valence-corrected chi connectivity index (χ0v) is 10.2. The molecule has 0 aromatic carbocycles. The van der Waals surface area contributed by atoms with Crippen LogP contribution in [0.2, 0.25) is 6.04 Å². The normalized spacial score (nSPS) is 12.4. The topological polar surface area (TPSA) is 29.4 Å². The van der Waals surface area contributed by atoms with Crippen LogP contribution in [0, 0.1) is 0 Å². The first kappa shape index (κ1) is 11.6. The second-order valence-electron chi connectivity index (χ2n) is 3.27. The van der Waals surface area contributed by atoms with Crippen molar-refractivity contribution in [2.45, 2.75) is 51.1 Å². The molecule has 0 heterocycles. The van der Waals surface area contributed by atoms with Crippen molar-refractivity contribution in [2.24, 2.45) is 4.99 Å². The summed E-state index contributed by atoms with van der Waals surface area (Å²) in [5.74, 6) is 0. The minimum atomic E-state index is 0.179. The van der Waals surface area contributed by atoms with E-state index in [1.807, 2.05) is 6.92 Å². The second kappa shape index (κ2) is 8.69. The molecule has 1 atom stereocenters. The quantitative estimate of drug-likeness (QED) is 0.255. The molecule has 2 nitrogen and oxygen atoms in total. The van der Waals surface area contributed by atoms with Gasteiger partial charge in [0.25, 0.3) is 0 Å². The Labute approximate surface area is 77.9 Å². The smallest absolute Gasteiger partial charge is 0.211 e. The Morgan fingerprint density at radius 3 is 2.58 bits per heavy atom. The van der Waals surface area contributed by atoms with E-state index < -0.39 is 0 Å². The van der Waals surface area contributed by atoms with Gasteiger partial charge >= 0.3 is 0 Å². The molecule has 0 rings (SSSR count). The largest absolute Gasteiger partial charge is 0.235 e. The van der Waals surface area contributed by atoms with Crippen LogP contribution in [0.4, 0.5) is 0 Å². The van der Waals surface area contributed by atoms with Gasteiger partial charge in [-0.3, -0.25) is 0 Å². The number of unbranched alkanes of at least 4 members (excludes halogenated alkanes) is 3. The average Bonchev–Trinajstić information content (AvgIpc) is 2.05. The molecule has 12 heavy (non-hydrogen) atoms. The number of carbonyl (C=O) groups excluding carboxylic acids is 1. The van der Waals surface area contributed by atoms with Gasteiger partial charge in [0.15, 0.2) is 0 Å². The highest BCUT2D eigenvalue weighted by Gasteiger charge is 1.97.